The molecule has 7 nitrogen and oxygen atoms in total. The molecule has 8 heteroatoms. The van der Waals surface area contributed by atoms with E-state index in [1.165, 1.54) is 5.56 Å². The molecule has 0 bridgehead atoms. The highest BCUT2D eigenvalue weighted by Crippen LogP contribution is 2.31. The first-order valence-corrected chi connectivity index (χ1v) is 11.6. The minimum atomic E-state index is -0.501. The largest absolute Gasteiger partial charge is 0.444 e. The van der Waals surface area contributed by atoms with E-state index in [0.717, 1.165) is 43.1 Å². The third-order valence-corrected chi connectivity index (χ3v) is 6.06. The maximum Gasteiger partial charge on any atom is 0.410 e. The van der Waals surface area contributed by atoms with E-state index in [1.54, 1.807) is 4.90 Å². The van der Waals surface area contributed by atoms with E-state index in [9.17, 15) is 4.79 Å². The van der Waals surface area contributed by atoms with Crippen molar-refractivity contribution in [2.75, 3.05) is 31.1 Å². The predicted molar refractivity (Wildman–Crippen MR) is 126 cm³/mol. The predicted octanol–water partition coefficient (Wildman–Crippen LogP) is 4.13. The molecule has 0 spiro atoms. The van der Waals surface area contributed by atoms with Crippen molar-refractivity contribution in [3.05, 3.63) is 52.4 Å². The van der Waals surface area contributed by atoms with Crippen LogP contribution in [0.1, 0.15) is 44.5 Å². The lowest BCUT2D eigenvalue weighted by atomic mass is 10.0. The average Bonchev–Trinajstić information content (AvgIpc) is 2.73. The van der Waals surface area contributed by atoms with E-state index in [0.29, 0.717) is 19.6 Å². The number of hydrogen-bond acceptors (Lipinski definition) is 6. The minimum absolute atomic E-state index is 0.0934. The number of ether oxygens (including phenoxy) is 1. The van der Waals surface area contributed by atoms with Crippen molar-refractivity contribution in [2.24, 2.45) is 0 Å². The smallest absolute Gasteiger partial charge is 0.410 e. The van der Waals surface area contributed by atoms with E-state index >= 15 is 0 Å². The molecular formula is C24H32ClN5O2. The summed E-state index contributed by atoms with van der Waals surface area (Å²) in [4.78, 5) is 28.2. The van der Waals surface area contributed by atoms with E-state index in [-0.39, 0.29) is 17.4 Å². The molecule has 2 aromatic rings. The van der Waals surface area contributed by atoms with Crippen LogP contribution in [-0.4, -0.2) is 63.7 Å². The van der Waals surface area contributed by atoms with Crippen LogP contribution in [0.3, 0.4) is 0 Å². The Hall–Kier alpha value is -2.38. The van der Waals surface area contributed by atoms with Crippen LogP contribution in [0, 0.1) is 0 Å². The highest BCUT2D eigenvalue weighted by molar-refractivity contribution is 6.28. The number of anilines is 1. The second-order valence-electron chi connectivity index (χ2n) is 9.66. The molecule has 172 valence electrons. The molecule has 3 heterocycles. The van der Waals surface area contributed by atoms with Crippen LogP contribution in [0.4, 0.5) is 10.6 Å². The topological polar surface area (TPSA) is 61.8 Å². The highest BCUT2D eigenvalue weighted by Gasteiger charge is 2.33. The second-order valence-corrected chi connectivity index (χ2v) is 9.99. The van der Waals surface area contributed by atoms with Gasteiger partial charge in [0.2, 0.25) is 5.28 Å². The van der Waals surface area contributed by atoms with Gasteiger partial charge >= 0.3 is 6.09 Å². The van der Waals surface area contributed by atoms with Crippen LogP contribution < -0.4 is 4.90 Å². The Morgan fingerprint density at radius 3 is 2.59 bits per heavy atom. The van der Waals surface area contributed by atoms with Crippen molar-refractivity contribution in [3.8, 4) is 0 Å². The summed E-state index contributed by atoms with van der Waals surface area (Å²) in [5, 5.41) is 0.289. The van der Waals surface area contributed by atoms with Gasteiger partial charge in [-0.3, -0.25) is 4.90 Å². The van der Waals surface area contributed by atoms with Crippen LogP contribution in [0.5, 0.6) is 0 Å². The molecule has 1 aromatic carbocycles. The van der Waals surface area contributed by atoms with E-state index in [4.69, 9.17) is 16.3 Å². The van der Waals surface area contributed by atoms with Gasteiger partial charge in [-0.15, -0.1) is 0 Å². The SMILES string of the molecule is CC1CN(C(=O)OC(C)(C)C)CCN1c1nc(Cl)nc2c1CN(Cc1ccccc1)CC2. The van der Waals surface area contributed by atoms with E-state index < -0.39 is 5.60 Å². The zero-order valence-corrected chi connectivity index (χ0v) is 20.1. The van der Waals surface area contributed by atoms with E-state index in [2.05, 4.69) is 51.0 Å². The first-order valence-electron chi connectivity index (χ1n) is 11.3. The van der Waals surface area contributed by atoms with Crippen LogP contribution in [0.2, 0.25) is 5.28 Å². The van der Waals surface area contributed by atoms with Crippen molar-refractivity contribution in [3.63, 3.8) is 0 Å². The zero-order valence-electron chi connectivity index (χ0n) is 19.3. The molecule has 2 aliphatic rings. The van der Waals surface area contributed by atoms with Crippen molar-refractivity contribution >= 4 is 23.5 Å². The molecule has 0 saturated carbocycles. The molecule has 1 aromatic heterocycles. The summed E-state index contributed by atoms with van der Waals surface area (Å²) >= 11 is 6.32. The quantitative estimate of drug-likeness (QED) is 0.646. The molecular weight excluding hydrogens is 426 g/mol. The molecule has 2 aliphatic heterocycles. The van der Waals surface area contributed by atoms with Gasteiger partial charge in [0.1, 0.15) is 11.4 Å². The minimum Gasteiger partial charge on any atom is -0.444 e. The normalized spacial score (nSPS) is 19.6. The van der Waals surface area contributed by atoms with Crippen molar-refractivity contribution in [2.45, 2.75) is 58.8 Å². The van der Waals surface area contributed by atoms with Crippen molar-refractivity contribution in [1.29, 1.82) is 0 Å². The number of benzene rings is 1. The number of carbonyl (C=O) groups excluding carboxylic acids is 1. The monoisotopic (exact) mass is 457 g/mol. The van der Waals surface area contributed by atoms with Gasteiger partial charge < -0.3 is 14.5 Å². The summed E-state index contributed by atoms with van der Waals surface area (Å²) in [6, 6.07) is 10.6. The molecule has 0 radical (unpaired) electrons. The Morgan fingerprint density at radius 1 is 1.16 bits per heavy atom. The van der Waals surface area contributed by atoms with Gasteiger partial charge in [-0.25, -0.2) is 14.8 Å². The number of carbonyl (C=O) groups is 1. The summed E-state index contributed by atoms with van der Waals surface area (Å²) in [7, 11) is 0. The maximum absolute atomic E-state index is 12.5. The molecule has 1 atom stereocenters. The zero-order chi connectivity index (χ0) is 22.9. The Balaban J connectivity index is 1.51. The van der Waals surface area contributed by atoms with Crippen LogP contribution >= 0.6 is 11.6 Å². The number of halogens is 1. The maximum atomic E-state index is 12.5. The van der Waals surface area contributed by atoms with Gasteiger partial charge in [0.25, 0.3) is 0 Å². The van der Waals surface area contributed by atoms with Crippen LogP contribution in [-0.2, 0) is 24.2 Å². The molecule has 1 fully saturated rings. The number of aromatic nitrogens is 2. The lowest BCUT2D eigenvalue weighted by Gasteiger charge is -2.42. The summed E-state index contributed by atoms with van der Waals surface area (Å²) in [6.45, 7) is 12.3. The van der Waals surface area contributed by atoms with E-state index in [1.807, 2.05) is 26.8 Å². The molecule has 1 unspecified atom stereocenters. The second kappa shape index (κ2) is 9.24. The summed E-state index contributed by atoms with van der Waals surface area (Å²) in [5.41, 5.74) is 2.98. The average molecular weight is 458 g/mol. The summed E-state index contributed by atoms with van der Waals surface area (Å²) in [5.74, 6) is 0.897. The van der Waals surface area contributed by atoms with Crippen molar-refractivity contribution < 1.29 is 9.53 Å². The summed E-state index contributed by atoms with van der Waals surface area (Å²) < 4.78 is 5.56. The number of rotatable bonds is 3. The Labute approximate surface area is 195 Å². The van der Waals surface area contributed by atoms with Gasteiger partial charge in [0, 0.05) is 57.3 Å². The van der Waals surface area contributed by atoms with Gasteiger partial charge in [-0.2, -0.15) is 0 Å². The molecule has 32 heavy (non-hydrogen) atoms. The molecule has 1 saturated heterocycles. The highest BCUT2D eigenvalue weighted by atomic mass is 35.5. The fourth-order valence-electron chi connectivity index (χ4n) is 4.40. The first-order chi connectivity index (χ1) is 15.2. The number of fused-ring (bicyclic) bond motifs is 1. The first kappa shape index (κ1) is 22.8. The fraction of sp³-hybridized carbons (Fsp3) is 0.542. The number of hydrogen-bond donors (Lipinski definition) is 0. The van der Waals surface area contributed by atoms with Gasteiger partial charge in [0.05, 0.1) is 5.69 Å². The lowest BCUT2D eigenvalue weighted by molar-refractivity contribution is 0.0218. The molecule has 4 rings (SSSR count). The molecule has 0 N–H and O–H groups in total. The van der Waals surface area contributed by atoms with Crippen LogP contribution in [0.15, 0.2) is 30.3 Å². The molecule has 0 aliphatic carbocycles. The third-order valence-electron chi connectivity index (χ3n) is 5.89. The van der Waals surface area contributed by atoms with Crippen molar-refractivity contribution in [1.82, 2.24) is 19.8 Å². The Morgan fingerprint density at radius 2 is 1.91 bits per heavy atom. The number of nitrogens with zero attached hydrogens (tertiary/aromatic N) is 5. The van der Waals surface area contributed by atoms with Crippen LogP contribution in [0.25, 0.3) is 0 Å². The Bertz CT molecular complexity index is 963. The summed E-state index contributed by atoms with van der Waals surface area (Å²) in [6.07, 6.45) is 0.588. The fourth-order valence-corrected chi connectivity index (χ4v) is 4.58. The van der Waals surface area contributed by atoms with Gasteiger partial charge in [-0.05, 0) is 44.9 Å². The lowest BCUT2D eigenvalue weighted by Crippen LogP contribution is -2.55. The third kappa shape index (κ3) is 5.33. The van der Waals surface area contributed by atoms with Gasteiger partial charge in [-0.1, -0.05) is 30.3 Å². The Kier molecular flexibility index (Phi) is 6.58. The number of piperazine rings is 1. The standard InChI is InChI=1S/C24H32ClN5O2/c1-17-14-29(23(31)32-24(2,3)4)12-13-30(17)21-19-16-28(15-18-8-6-5-7-9-18)11-10-20(19)26-22(25)27-21/h5-9,17H,10-16H2,1-4H3. The van der Waals surface area contributed by atoms with Gasteiger partial charge in [0.15, 0.2) is 0 Å². The molecule has 1 amide bonds. The number of amides is 1.